The Morgan fingerprint density at radius 2 is 1.05 bits per heavy atom. The van der Waals surface area contributed by atoms with Gasteiger partial charge in [0.15, 0.2) is 0 Å². The number of hydrogen-bond acceptors (Lipinski definition) is 3. The van der Waals surface area contributed by atoms with E-state index in [1.54, 1.807) is 0 Å². The summed E-state index contributed by atoms with van der Waals surface area (Å²) in [4.78, 5) is 22.9. The summed E-state index contributed by atoms with van der Waals surface area (Å²) in [5, 5.41) is 9.04. The summed E-state index contributed by atoms with van der Waals surface area (Å²) in [5.74, 6) is 0.717. The molecular weight excluding hydrogens is 484 g/mol. The second-order valence-corrected chi connectivity index (χ2v) is 12.6. The van der Waals surface area contributed by atoms with Crippen molar-refractivity contribution in [2.45, 2.75) is 188 Å². The standard InChI is InChI=1S/C35H68O4/c1-5-7-26-32(6-2)30-39-35(38)28-25-23-21-19-17-15-13-11-9-8-10-12-14-16-18-20-22-24-27-33(31(3)4)29-34(36)37/h31-33H,5-30H2,1-4H3,(H,36,37). The van der Waals surface area contributed by atoms with Gasteiger partial charge in [0.25, 0.3) is 0 Å². The molecule has 2 unspecified atom stereocenters. The number of unbranched alkanes of at least 4 members (excludes halogenated alkanes) is 18. The Balaban J connectivity index is 3.32. The topological polar surface area (TPSA) is 63.6 Å². The molecule has 0 rings (SSSR count). The summed E-state index contributed by atoms with van der Waals surface area (Å²) in [6.45, 7) is 9.33. The van der Waals surface area contributed by atoms with E-state index in [1.165, 1.54) is 122 Å². The fourth-order valence-electron chi connectivity index (χ4n) is 5.58. The molecular formula is C35H68O4. The van der Waals surface area contributed by atoms with Crippen molar-refractivity contribution < 1.29 is 19.4 Å². The summed E-state index contributed by atoms with van der Waals surface area (Å²) in [6, 6.07) is 0. The van der Waals surface area contributed by atoms with Gasteiger partial charge in [0.2, 0.25) is 0 Å². The maximum atomic E-state index is 11.9. The maximum Gasteiger partial charge on any atom is 0.305 e. The predicted octanol–water partition coefficient (Wildman–Crippen LogP) is 11.3. The van der Waals surface area contributed by atoms with Crippen molar-refractivity contribution in [1.82, 2.24) is 0 Å². The number of carbonyl (C=O) groups excluding carboxylic acids is 1. The zero-order chi connectivity index (χ0) is 29.0. The van der Waals surface area contributed by atoms with E-state index >= 15 is 0 Å². The Bertz CT molecular complexity index is 545. The minimum Gasteiger partial charge on any atom is -0.481 e. The van der Waals surface area contributed by atoms with E-state index in [9.17, 15) is 9.59 Å². The molecule has 0 amide bonds. The van der Waals surface area contributed by atoms with Crippen LogP contribution >= 0.6 is 0 Å². The summed E-state index contributed by atoms with van der Waals surface area (Å²) in [6.07, 6.45) is 30.3. The van der Waals surface area contributed by atoms with Gasteiger partial charge in [0, 0.05) is 12.8 Å². The van der Waals surface area contributed by atoms with Crippen LogP contribution in [0.2, 0.25) is 0 Å². The van der Waals surface area contributed by atoms with Crippen molar-refractivity contribution >= 4 is 11.9 Å². The molecule has 4 heteroatoms. The van der Waals surface area contributed by atoms with Gasteiger partial charge in [0.1, 0.15) is 0 Å². The number of hydrogen-bond donors (Lipinski definition) is 1. The Kier molecular flexibility index (Phi) is 27.7. The third kappa shape index (κ3) is 26.9. The number of carbonyl (C=O) groups is 2. The molecule has 0 heterocycles. The quantitative estimate of drug-likeness (QED) is 0.0711. The van der Waals surface area contributed by atoms with E-state index in [4.69, 9.17) is 9.84 Å². The summed E-state index contributed by atoms with van der Waals surface area (Å²) >= 11 is 0. The van der Waals surface area contributed by atoms with E-state index in [0.29, 0.717) is 37.2 Å². The van der Waals surface area contributed by atoms with Crippen molar-refractivity contribution in [3.63, 3.8) is 0 Å². The average molecular weight is 553 g/mol. The van der Waals surface area contributed by atoms with E-state index in [2.05, 4.69) is 27.7 Å². The van der Waals surface area contributed by atoms with Crippen LogP contribution in [0, 0.1) is 17.8 Å². The van der Waals surface area contributed by atoms with Crippen molar-refractivity contribution in [2.75, 3.05) is 6.61 Å². The number of aliphatic carboxylic acids is 1. The largest absolute Gasteiger partial charge is 0.481 e. The molecule has 0 aliphatic rings. The first-order chi connectivity index (χ1) is 18.9. The highest BCUT2D eigenvalue weighted by molar-refractivity contribution is 5.69. The molecule has 0 saturated heterocycles. The van der Waals surface area contributed by atoms with Gasteiger partial charge in [-0.15, -0.1) is 0 Å². The highest BCUT2D eigenvalue weighted by Crippen LogP contribution is 2.23. The molecule has 0 aromatic rings. The van der Waals surface area contributed by atoms with Crippen molar-refractivity contribution in [3.05, 3.63) is 0 Å². The lowest BCUT2D eigenvalue weighted by Gasteiger charge is -2.18. The smallest absolute Gasteiger partial charge is 0.305 e. The molecule has 0 saturated carbocycles. The Hall–Kier alpha value is -1.06. The van der Waals surface area contributed by atoms with Crippen molar-refractivity contribution in [2.24, 2.45) is 17.8 Å². The summed E-state index contributed by atoms with van der Waals surface area (Å²) in [5.41, 5.74) is 0. The molecule has 1 N–H and O–H groups in total. The van der Waals surface area contributed by atoms with Crippen molar-refractivity contribution in [1.29, 1.82) is 0 Å². The normalized spacial score (nSPS) is 13.1. The Morgan fingerprint density at radius 3 is 1.44 bits per heavy atom. The van der Waals surface area contributed by atoms with Crippen LogP contribution in [0.15, 0.2) is 0 Å². The van der Waals surface area contributed by atoms with Crippen LogP contribution in [0.5, 0.6) is 0 Å². The minimum atomic E-state index is -0.648. The van der Waals surface area contributed by atoms with Gasteiger partial charge < -0.3 is 9.84 Å². The lowest BCUT2D eigenvalue weighted by atomic mass is 9.87. The third-order valence-electron chi connectivity index (χ3n) is 8.61. The van der Waals surface area contributed by atoms with Gasteiger partial charge >= 0.3 is 11.9 Å². The second-order valence-electron chi connectivity index (χ2n) is 12.6. The van der Waals surface area contributed by atoms with Gasteiger partial charge in [0.05, 0.1) is 6.61 Å². The average Bonchev–Trinajstić information content (AvgIpc) is 2.91. The molecule has 0 spiro atoms. The van der Waals surface area contributed by atoms with Crippen LogP contribution in [0.3, 0.4) is 0 Å². The molecule has 0 aliphatic carbocycles. The van der Waals surface area contributed by atoms with Gasteiger partial charge in [-0.2, -0.15) is 0 Å². The van der Waals surface area contributed by atoms with Gasteiger partial charge in [-0.05, 0) is 37.0 Å². The zero-order valence-corrected chi connectivity index (χ0v) is 26.8. The number of rotatable bonds is 30. The third-order valence-corrected chi connectivity index (χ3v) is 8.61. The van der Waals surface area contributed by atoms with Gasteiger partial charge in [-0.3, -0.25) is 9.59 Å². The lowest BCUT2D eigenvalue weighted by Crippen LogP contribution is -2.13. The zero-order valence-electron chi connectivity index (χ0n) is 26.8. The van der Waals surface area contributed by atoms with Gasteiger partial charge in [-0.25, -0.2) is 0 Å². The van der Waals surface area contributed by atoms with Gasteiger partial charge in [-0.1, -0.05) is 156 Å². The highest BCUT2D eigenvalue weighted by atomic mass is 16.5. The summed E-state index contributed by atoms with van der Waals surface area (Å²) in [7, 11) is 0. The second kappa shape index (κ2) is 28.5. The van der Waals surface area contributed by atoms with Crippen LogP contribution in [-0.2, 0) is 14.3 Å². The molecule has 0 fully saturated rings. The minimum absolute atomic E-state index is 0.00600. The SMILES string of the molecule is CCCCC(CC)COC(=O)CCCCCCCCCCCCCCCCCCCCC(CC(=O)O)C(C)C. The van der Waals surface area contributed by atoms with Crippen molar-refractivity contribution in [3.8, 4) is 0 Å². The van der Waals surface area contributed by atoms with E-state index in [-0.39, 0.29) is 5.97 Å². The summed E-state index contributed by atoms with van der Waals surface area (Å²) < 4.78 is 5.50. The first-order valence-corrected chi connectivity index (χ1v) is 17.3. The maximum absolute atomic E-state index is 11.9. The Labute approximate surface area is 243 Å². The first kappa shape index (κ1) is 37.9. The molecule has 0 aliphatic heterocycles. The molecule has 0 aromatic heterocycles. The molecule has 4 nitrogen and oxygen atoms in total. The fraction of sp³-hybridized carbons (Fsp3) is 0.943. The number of carboxylic acid groups (broad SMARTS) is 1. The van der Waals surface area contributed by atoms with E-state index < -0.39 is 5.97 Å². The lowest BCUT2D eigenvalue weighted by molar-refractivity contribution is -0.145. The molecule has 0 radical (unpaired) electrons. The van der Waals surface area contributed by atoms with Crippen LogP contribution < -0.4 is 0 Å². The number of ether oxygens (including phenoxy) is 1. The first-order valence-electron chi connectivity index (χ1n) is 17.3. The monoisotopic (exact) mass is 553 g/mol. The fourth-order valence-corrected chi connectivity index (χ4v) is 5.58. The predicted molar refractivity (Wildman–Crippen MR) is 167 cm³/mol. The molecule has 39 heavy (non-hydrogen) atoms. The van der Waals surface area contributed by atoms with Crippen LogP contribution in [0.25, 0.3) is 0 Å². The van der Waals surface area contributed by atoms with Crippen LogP contribution in [-0.4, -0.2) is 23.7 Å². The van der Waals surface area contributed by atoms with E-state index in [0.717, 1.165) is 25.7 Å². The number of esters is 1. The van der Waals surface area contributed by atoms with Crippen LogP contribution in [0.1, 0.15) is 188 Å². The molecule has 232 valence electrons. The molecule has 2 atom stereocenters. The molecule has 0 aromatic carbocycles. The van der Waals surface area contributed by atoms with E-state index in [1.807, 2.05) is 0 Å². The Morgan fingerprint density at radius 1 is 0.615 bits per heavy atom. The number of carboxylic acids is 1. The van der Waals surface area contributed by atoms with Crippen LogP contribution in [0.4, 0.5) is 0 Å². The molecule has 0 bridgehead atoms. The highest BCUT2D eigenvalue weighted by Gasteiger charge is 2.16.